The number of rotatable bonds is 6. The molecule has 0 aliphatic heterocycles. The number of halogens is 1. The Bertz CT molecular complexity index is 798. The molecule has 0 radical (unpaired) electrons. The van der Waals surface area contributed by atoms with Crippen LogP contribution in [-0.2, 0) is 21.4 Å². The Hall–Kier alpha value is -2.33. The number of carbonyl (C=O) groups excluding carboxylic acids is 2. The summed E-state index contributed by atoms with van der Waals surface area (Å²) in [6.07, 6.45) is 3.43. The van der Waals surface area contributed by atoms with Crippen LogP contribution in [0.5, 0.6) is 0 Å². The second-order valence-corrected chi connectivity index (χ2v) is 7.12. The molecule has 5 heteroatoms. The van der Waals surface area contributed by atoms with Crippen LogP contribution in [0.15, 0.2) is 48.5 Å². The Balaban J connectivity index is 1.62. The zero-order valence-electron chi connectivity index (χ0n) is 14.8. The minimum Gasteiger partial charge on any atom is -0.346 e. The van der Waals surface area contributed by atoms with Crippen molar-refractivity contribution in [3.05, 3.63) is 64.7 Å². The van der Waals surface area contributed by atoms with Gasteiger partial charge in [0.1, 0.15) is 0 Å². The SMILES string of the molecule is CCc1ccccc1NC(=O)CNC(=O)C1(c2ccc(Cl)cc2)CCC1. The maximum atomic E-state index is 12.8. The molecule has 4 nitrogen and oxygen atoms in total. The first kappa shape index (κ1) is 18.5. The summed E-state index contributed by atoms with van der Waals surface area (Å²) in [6, 6.07) is 15.1. The van der Waals surface area contributed by atoms with Gasteiger partial charge in [-0.05, 0) is 48.6 Å². The van der Waals surface area contributed by atoms with Crippen LogP contribution in [-0.4, -0.2) is 18.4 Å². The van der Waals surface area contributed by atoms with Crippen LogP contribution in [0.25, 0.3) is 0 Å². The normalized spacial score (nSPS) is 15.0. The van der Waals surface area contributed by atoms with Crippen LogP contribution in [0.3, 0.4) is 0 Å². The van der Waals surface area contributed by atoms with Crippen LogP contribution >= 0.6 is 11.6 Å². The van der Waals surface area contributed by atoms with E-state index in [4.69, 9.17) is 11.6 Å². The third-order valence-electron chi connectivity index (χ3n) is 5.12. The van der Waals surface area contributed by atoms with Gasteiger partial charge in [0.15, 0.2) is 0 Å². The highest BCUT2D eigenvalue weighted by atomic mass is 35.5. The van der Waals surface area contributed by atoms with Gasteiger partial charge in [0.25, 0.3) is 0 Å². The fourth-order valence-electron chi connectivity index (χ4n) is 3.42. The molecule has 1 saturated carbocycles. The number of benzene rings is 2. The van der Waals surface area contributed by atoms with Crippen LogP contribution in [0.1, 0.15) is 37.3 Å². The molecule has 0 saturated heterocycles. The molecule has 2 aromatic rings. The fourth-order valence-corrected chi connectivity index (χ4v) is 3.55. The van der Waals surface area contributed by atoms with E-state index in [1.165, 1.54) is 0 Å². The molecule has 26 heavy (non-hydrogen) atoms. The van der Waals surface area contributed by atoms with Gasteiger partial charge in [0, 0.05) is 10.7 Å². The van der Waals surface area contributed by atoms with Gasteiger partial charge in [0.2, 0.25) is 11.8 Å². The van der Waals surface area contributed by atoms with Crippen molar-refractivity contribution >= 4 is 29.1 Å². The average Bonchev–Trinajstić information content (AvgIpc) is 2.61. The molecule has 0 bridgehead atoms. The maximum Gasteiger partial charge on any atom is 0.243 e. The van der Waals surface area contributed by atoms with Crippen LogP contribution in [0, 0.1) is 0 Å². The molecule has 2 amide bonds. The van der Waals surface area contributed by atoms with Gasteiger partial charge in [-0.3, -0.25) is 9.59 Å². The van der Waals surface area contributed by atoms with Crippen molar-refractivity contribution < 1.29 is 9.59 Å². The minimum atomic E-state index is -0.536. The molecule has 1 aliphatic rings. The number of aryl methyl sites for hydroxylation is 1. The fraction of sp³-hybridized carbons (Fsp3) is 0.333. The summed E-state index contributed by atoms with van der Waals surface area (Å²) in [4.78, 5) is 25.0. The molecule has 0 aromatic heterocycles. The Morgan fingerprint density at radius 2 is 1.77 bits per heavy atom. The minimum absolute atomic E-state index is 0.0355. The highest BCUT2D eigenvalue weighted by molar-refractivity contribution is 6.30. The lowest BCUT2D eigenvalue weighted by atomic mass is 9.64. The number of amides is 2. The second-order valence-electron chi connectivity index (χ2n) is 6.68. The number of hydrogen-bond donors (Lipinski definition) is 2. The third-order valence-corrected chi connectivity index (χ3v) is 5.37. The van der Waals surface area contributed by atoms with Gasteiger partial charge >= 0.3 is 0 Å². The monoisotopic (exact) mass is 370 g/mol. The van der Waals surface area contributed by atoms with E-state index in [1.807, 2.05) is 43.3 Å². The summed E-state index contributed by atoms with van der Waals surface area (Å²) < 4.78 is 0. The third kappa shape index (κ3) is 3.75. The number of anilines is 1. The lowest BCUT2D eigenvalue weighted by Gasteiger charge is -2.40. The van der Waals surface area contributed by atoms with E-state index in [0.717, 1.165) is 42.5 Å². The summed E-state index contributed by atoms with van der Waals surface area (Å²) in [7, 11) is 0. The van der Waals surface area contributed by atoms with Gasteiger partial charge < -0.3 is 10.6 Å². The quantitative estimate of drug-likeness (QED) is 0.804. The largest absolute Gasteiger partial charge is 0.346 e. The van der Waals surface area contributed by atoms with Gasteiger partial charge in [0.05, 0.1) is 12.0 Å². The first-order valence-corrected chi connectivity index (χ1v) is 9.35. The maximum absolute atomic E-state index is 12.8. The number of carbonyl (C=O) groups is 2. The molecule has 0 unspecified atom stereocenters. The highest BCUT2D eigenvalue weighted by Crippen LogP contribution is 2.44. The van der Waals surface area contributed by atoms with E-state index in [9.17, 15) is 9.59 Å². The highest BCUT2D eigenvalue weighted by Gasteiger charge is 2.45. The molecule has 1 aliphatic carbocycles. The van der Waals surface area contributed by atoms with Crippen molar-refractivity contribution in [2.75, 3.05) is 11.9 Å². The Morgan fingerprint density at radius 3 is 2.38 bits per heavy atom. The van der Waals surface area contributed by atoms with Crippen molar-refractivity contribution in [3.8, 4) is 0 Å². The molecule has 2 N–H and O–H groups in total. The summed E-state index contributed by atoms with van der Waals surface area (Å²) in [5.74, 6) is -0.310. The first-order chi connectivity index (χ1) is 12.5. The Morgan fingerprint density at radius 1 is 1.08 bits per heavy atom. The smallest absolute Gasteiger partial charge is 0.243 e. The van der Waals surface area contributed by atoms with E-state index >= 15 is 0 Å². The van der Waals surface area contributed by atoms with E-state index in [1.54, 1.807) is 12.1 Å². The van der Waals surface area contributed by atoms with Gasteiger partial charge in [-0.1, -0.05) is 55.3 Å². The van der Waals surface area contributed by atoms with Crippen LogP contribution < -0.4 is 10.6 Å². The Kier molecular flexibility index (Phi) is 5.62. The van der Waals surface area contributed by atoms with E-state index < -0.39 is 5.41 Å². The van der Waals surface area contributed by atoms with Crippen LogP contribution in [0.4, 0.5) is 5.69 Å². The first-order valence-electron chi connectivity index (χ1n) is 8.97. The number of hydrogen-bond acceptors (Lipinski definition) is 2. The van der Waals surface area contributed by atoms with E-state index in [0.29, 0.717) is 5.02 Å². The van der Waals surface area contributed by atoms with Gasteiger partial charge in [-0.25, -0.2) is 0 Å². The second kappa shape index (κ2) is 7.92. The van der Waals surface area contributed by atoms with Crippen LogP contribution in [0.2, 0.25) is 5.02 Å². The molecule has 136 valence electrons. The van der Waals surface area contributed by atoms with Crippen molar-refractivity contribution in [2.45, 2.75) is 38.0 Å². The molecule has 2 aromatic carbocycles. The number of para-hydroxylation sites is 1. The average molecular weight is 371 g/mol. The zero-order chi connectivity index (χ0) is 18.6. The van der Waals surface area contributed by atoms with E-state index in [2.05, 4.69) is 10.6 Å². The topological polar surface area (TPSA) is 58.2 Å². The summed E-state index contributed by atoms with van der Waals surface area (Å²) in [5, 5.41) is 6.34. The lowest BCUT2D eigenvalue weighted by Crippen LogP contribution is -2.50. The van der Waals surface area contributed by atoms with Gasteiger partial charge in [-0.15, -0.1) is 0 Å². The summed E-state index contributed by atoms with van der Waals surface area (Å²) >= 11 is 5.95. The number of nitrogens with one attached hydrogen (secondary N) is 2. The summed E-state index contributed by atoms with van der Waals surface area (Å²) in [5.41, 5.74) is 2.29. The van der Waals surface area contributed by atoms with E-state index in [-0.39, 0.29) is 18.4 Å². The molecule has 0 spiro atoms. The predicted octanol–water partition coefficient (Wildman–Crippen LogP) is 4.08. The lowest BCUT2D eigenvalue weighted by molar-refractivity contribution is -0.131. The predicted molar refractivity (Wildman–Crippen MR) is 104 cm³/mol. The molecule has 0 atom stereocenters. The van der Waals surface area contributed by atoms with Crippen molar-refractivity contribution in [3.63, 3.8) is 0 Å². The Labute approximate surface area is 158 Å². The van der Waals surface area contributed by atoms with Crippen molar-refractivity contribution in [1.82, 2.24) is 5.32 Å². The molecule has 3 rings (SSSR count). The summed E-state index contributed by atoms with van der Waals surface area (Å²) in [6.45, 7) is 2.01. The molecule has 1 fully saturated rings. The molecular weight excluding hydrogens is 348 g/mol. The molecular formula is C21H23ClN2O2. The van der Waals surface area contributed by atoms with Gasteiger partial charge in [-0.2, -0.15) is 0 Å². The van der Waals surface area contributed by atoms with Crippen molar-refractivity contribution in [1.29, 1.82) is 0 Å². The molecule has 0 heterocycles. The van der Waals surface area contributed by atoms with Crippen molar-refractivity contribution in [2.24, 2.45) is 0 Å². The standard InChI is InChI=1S/C21H23ClN2O2/c1-2-15-6-3-4-7-18(15)24-19(25)14-23-20(26)21(12-5-13-21)16-8-10-17(22)11-9-16/h3-4,6-11H,2,5,12-14H2,1H3,(H,23,26)(H,24,25). The zero-order valence-corrected chi connectivity index (χ0v) is 15.6.